The third-order valence-corrected chi connectivity index (χ3v) is 8.93. The van der Waals surface area contributed by atoms with Crippen molar-refractivity contribution in [1.82, 2.24) is 15.0 Å². The molecule has 0 aliphatic carbocycles. The van der Waals surface area contributed by atoms with Crippen LogP contribution in [0.15, 0.2) is 180 Å². The first-order chi connectivity index (χ1) is 24.2. The highest BCUT2D eigenvalue weighted by Gasteiger charge is 2.15. The van der Waals surface area contributed by atoms with Crippen LogP contribution in [0.1, 0.15) is 0 Å². The van der Waals surface area contributed by atoms with Gasteiger partial charge in [-0.2, -0.15) is 0 Å². The first-order valence-corrected chi connectivity index (χ1v) is 16.4. The number of hydrogen-bond acceptors (Lipinski definition) is 4. The number of rotatable bonds is 6. The summed E-state index contributed by atoms with van der Waals surface area (Å²) in [4.78, 5) is 14.9. The predicted molar refractivity (Wildman–Crippen MR) is 200 cm³/mol. The Hall–Kier alpha value is -6.65. The van der Waals surface area contributed by atoms with E-state index in [9.17, 15) is 0 Å². The van der Waals surface area contributed by atoms with Crippen LogP contribution in [0.4, 0.5) is 0 Å². The third-order valence-electron chi connectivity index (χ3n) is 8.93. The Kier molecular flexibility index (Phi) is 7.10. The standard InChI is InChI=1S/C45H29N3O/c1-4-11-30(12-5-1)31-19-21-33(22-20-31)42-29-41(32-13-6-2-7-14-32)46-44(47-42)38-26-24-35-27-37(25-23-36(35)28-38)39-17-10-18-40-43(39)49-45(48-40)34-15-8-3-9-16-34/h1-29H. The van der Waals surface area contributed by atoms with Gasteiger partial charge < -0.3 is 4.42 Å². The van der Waals surface area contributed by atoms with E-state index < -0.39 is 0 Å². The van der Waals surface area contributed by atoms with Crippen molar-refractivity contribution >= 4 is 21.9 Å². The molecule has 4 heteroatoms. The molecule has 0 atom stereocenters. The first-order valence-electron chi connectivity index (χ1n) is 16.4. The monoisotopic (exact) mass is 627 g/mol. The topological polar surface area (TPSA) is 51.8 Å². The molecule has 0 spiro atoms. The molecule has 0 N–H and O–H groups in total. The number of para-hydroxylation sites is 1. The molecule has 0 fully saturated rings. The molecule has 4 nitrogen and oxygen atoms in total. The van der Waals surface area contributed by atoms with Gasteiger partial charge in [0.1, 0.15) is 5.52 Å². The van der Waals surface area contributed by atoms with Gasteiger partial charge in [-0.3, -0.25) is 0 Å². The van der Waals surface area contributed by atoms with Crippen molar-refractivity contribution < 1.29 is 4.42 Å². The normalized spacial score (nSPS) is 11.3. The SMILES string of the molecule is c1ccc(-c2ccc(-c3cc(-c4ccccc4)nc(-c4ccc5cc(-c6cccc7nc(-c8ccccc8)oc67)ccc5c4)n3)cc2)cc1. The molecule has 2 heterocycles. The molecule has 2 aromatic heterocycles. The lowest BCUT2D eigenvalue weighted by Gasteiger charge is -2.11. The molecule has 0 bridgehead atoms. The Morgan fingerprint density at radius 1 is 0.347 bits per heavy atom. The summed E-state index contributed by atoms with van der Waals surface area (Å²) in [6, 6.07) is 60.5. The fraction of sp³-hybridized carbons (Fsp3) is 0. The summed E-state index contributed by atoms with van der Waals surface area (Å²) in [5, 5.41) is 2.23. The minimum absolute atomic E-state index is 0.623. The van der Waals surface area contributed by atoms with Gasteiger partial charge >= 0.3 is 0 Å². The van der Waals surface area contributed by atoms with Gasteiger partial charge in [0.2, 0.25) is 5.89 Å². The van der Waals surface area contributed by atoms with Gasteiger partial charge in [0.25, 0.3) is 0 Å². The average Bonchev–Trinajstić information content (AvgIpc) is 3.63. The maximum atomic E-state index is 6.33. The molecule has 0 aliphatic rings. The highest BCUT2D eigenvalue weighted by Crippen LogP contribution is 2.35. The zero-order chi connectivity index (χ0) is 32.6. The van der Waals surface area contributed by atoms with Crippen LogP contribution in [0.2, 0.25) is 0 Å². The second-order valence-electron chi connectivity index (χ2n) is 12.1. The van der Waals surface area contributed by atoms with E-state index in [1.165, 1.54) is 11.1 Å². The van der Waals surface area contributed by atoms with Gasteiger partial charge in [-0.1, -0.05) is 140 Å². The van der Waals surface area contributed by atoms with Crippen LogP contribution >= 0.6 is 0 Å². The van der Waals surface area contributed by atoms with Crippen molar-refractivity contribution in [3.63, 3.8) is 0 Å². The van der Waals surface area contributed by atoms with Crippen LogP contribution in [0.5, 0.6) is 0 Å². The second-order valence-corrected chi connectivity index (χ2v) is 12.1. The molecule has 7 aromatic carbocycles. The first kappa shape index (κ1) is 28.6. The molecular formula is C45H29N3O. The van der Waals surface area contributed by atoms with Crippen molar-refractivity contribution in [1.29, 1.82) is 0 Å². The van der Waals surface area contributed by atoms with E-state index in [2.05, 4.69) is 109 Å². The molecule has 0 unspecified atom stereocenters. The summed E-state index contributed by atoms with van der Waals surface area (Å²) < 4.78 is 6.33. The molecule has 9 rings (SSSR count). The smallest absolute Gasteiger partial charge is 0.227 e. The average molecular weight is 628 g/mol. The van der Waals surface area contributed by atoms with Gasteiger partial charge in [-0.25, -0.2) is 15.0 Å². The number of hydrogen-bond donors (Lipinski definition) is 0. The van der Waals surface area contributed by atoms with Crippen LogP contribution in [0.3, 0.4) is 0 Å². The molecule has 0 radical (unpaired) electrons. The molecule has 0 amide bonds. The Morgan fingerprint density at radius 3 is 1.53 bits per heavy atom. The van der Waals surface area contributed by atoms with Crippen LogP contribution in [0, 0.1) is 0 Å². The summed E-state index contributed by atoms with van der Waals surface area (Å²) in [7, 11) is 0. The zero-order valence-electron chi connectivity index (χ0n) is 26.5. The van der Waals surface area contributed by atoms with Gasteiger partial charge in [-0.15, -0.1) is 0 Å². The van der Waals surface area contributed by atoms with Crippen molar-refractivity contribution in [2.24, 2.45) is 0 Å². The number of oxazole rings is 1. The van der Waals surface area contributed by atoms with Crippen LogP contribution in [-0.2, 0) is 0 Å². The molecular weight excluding hydrogens is 599 g/mol. The maximum Gasteiger partial charge on any atom is 0.227 e. The third kappa shape index (κ3) is 5.56. The van der Waals surface area contributed by atoms with Crippen molar-refractivity contribution in [2.75, 3.05) is 0 Å². The predicted octanol–water partition coefficient (Wildman–Crippen LogP) is 11.8. The fourth-order valence-corrected chi connectivity index (χ4v) is 6.38. The molecule has 0 saturated heterocycles. The molecule has 0 aliphatic heterocycles. The van der Waals surface area contributed by atoms with Crippen molar-refractivity contribution in [2.45, 2.75) is 0 Å². The fourth-order valence-electron chi connectivity index (χ4n) is 6.38. The van der Waals surface area contributed by atoms with E-state index in [0.29, 0.717) is 11.7 Å². The zero-order valence-corrected chi connectivity index (χ0v) is 26.5. The summed E-state index contributed by atoms with van der Waals surface area (Å²) in [5.74, 6) is 1.31. The summed E-state index contributed by atoms with van der Waals surface area (Å²) in [5.41, 5.74) is 11.9. The minimum Gasteiger partial charge on any atom is -0.435 e. The van der Waals surface area contributed by atoms with E-state index >= 15 is 0 Å². The lowest BCUT2D eigenvalue weighted by atomic mass is 9.99. The van der Waals surface area contributed by atoms with E-state index in [4.69, 9.17) is 19.4 Å². The van der Waals surface area contributed by atoms with E-state index in [-0.39, 0.29) is 0 Å². The Morgan fingerprint density at radius 2 is 0.857 bits per heavy atom. The summed E-state index contributed by atoms with van der Waals surface area (Å²) in [6.45, 7) is 0. The Balaban J connectivity index is 1.10. The minimum atomic E-state index is 0.623. The van der Waals surface area contributed by atoms with Crippen molar-refractivity contribution in [3.05, 3.63) is 176 Å². The van der Waals surface area contributed by atoms with Crippen LogP contribution < -0.4 is 0 Å². The number of aromatic nitrogens is 3. The molecule has 9 aromatic rings. The second kappa shape index (κ2) is 12.2. The highest BCUT2D eigenvalue weighted by molar-refractivity contribution is 5.96. The van der Waals surface area contributed by atoms with Gasteiger partial charge in [-0.05, 0) is 63.9 Å². The van der Waals surface area contributed by atoms with Gasteiger partial charge in [0.15, 0.2) is 11.4 Å². The van der Waals surface area contributed by atoms with Gasteiger partial charge in [0, 0.05) is 27.8 Å². The van der Waals surface area contributed by atoms with E-state index in [1.807, 2.05) is 66.7 Å². The van der Waals surface area contributed by atoms with Crippen LogP contribution in [-0.4, -0.2) is 15.0 Å². The Labute approximate surface area is 284 Å². The lowest BCUT2D eigenvalue weighted by Crippen LogP contribution is -1.96. The highest BCUT2D eigenvalue weighted by atomic mass is 16.3. The van der Waals surface area contributed by atoms with E-state index in [1.54, 1.807) is 0 Å². The quantitative estimate of drug-likeness (QED) is 0.184. The maximum absolute atomic E-state index is 6.33. The number of nitrogens with zero attached hydrogens (tertiary/aromatic N) is 3. The molecule has 0 saturated carbocycles. The summed E-state index contributed by atoms with van der Waals surface area (Å²) >= 11 is 0. The van der Waals surface area contributed by atoms with Crippen molar-refractivity contribution in [3.8, 4) is 67.6 Å². The lowest BCUT2D eigenvalue weighted by molar-refractivity contribution is 0.621. The number of benzene rings is 7. The molecule has 49 heavy (non-hydrogen) atoms. The van der Waals surface area contributed by atoms with E-state index in [0.717, 1.165) is 66.6 Å². The summed E-state index contributed by atoms with van der Waals surface area (Å²) in [6.07, 6.45) is 0. The van der Waals surface area contributed by atoms with Crippen LogP contribution in [0.25, 0.3) is 89.5 Å². The largest absolute Gasteiger partial charge is 0.435 e. The molecule has 230 valence electrons. The number of fused-ring (bicyclic) bond motifs is 2. The Bertz CT molecular complexity index is 2580. The van der Waals surface area contributed by atoms with Gasteiger partial charge in [0.05, 0.1) is 11.4 Å².